The molecule has 4 aliphatic carbocycles. The molecule has 31 heavy (non-hydrogen) atoms. The molecule has 0 saturated heterocycles. The number of hydrogen-bond acceptors (Lipinski definition) is 4. The van der Waals surface area contributed by atoms with Crippen LogP contribution >= 0.6 is 0 Å². The molecule has 3 fully saturated rings. The molecule has 176 valence electrons. The molecule has 4 rings (SSSR count). The number of ether oxygens (including phenoxy) is 2. The van der Waals surface area contributed by atoms with Crippen molar-refractivity contribution in [2.45, 2.75) is 90.6 Å². The van der Waals surface area contributed by atoms with Crippen molar-refractivity contribution in [2.24, 2.45) is 40.4 Å². The average Bonchev–Trinajstić information content (AvgIpc) is 3.09. The molecular weight excluding hydrogens is 388 g/mol. The Hall–Kier alpha value is -0.870. The summed E-state index contributed by atoms with van der Waals surface area (Å²) in [6.07, 6.45) is 13.1. The van der Waals surface area contributed by atoms with Crippen LogP contribution < -0.4 is 0 Å². The lowest BCUT2D eigenvalue weighted by Gasteiger charge is -2.60. The molecule has 0 aromatic rings. The summed E-state index contributed by atoms with van der Waals surface area (Å²) in [6.45, 7) is 7.74. The number of aliphatic hydroxyl groups is 1. The molecule has 0 heterocycles. The van der Waals surface area contributed by atoms with Gasteiger partial charge in [-0.3, -0.25) is 4.79 Å². The number of fused-ring (bicyclic) bond motifs is 5. The summed E-state index contributed by atoms with van der Waals surface area (Å²) >= 11 is 0. The maximum atomic E-state index is 11.7. The Morgan fingerprint density at radius 3 is 2.65 bits per heavy atom. The lowest BCUT2D eigenvalue weighted by Crippen LogP contribution is -2.54. The van der Waals surface area contributed by atoms with Crippen LogP contribution in [-0.2, 0) is 14.3 Å². The van der Waals surface area contributed by atoms with Crippen LogP contribution in [0.5, 0.6) is 0 Å². The highest BCUT2D eigenvalue weighted by molar-refractivity contribution is 5.69. The first-order chi connectivity index (χ1) is 14.7. The minimum absolute atomic E-state index is 0.0742. The van der Waals surface area contributed by atoms with Crippen molar-refractivity contribution in [3.8, 4) is 0 Å². The van der Waals surface area contributed by atoms with Crippen molar-refractivity contribution in [3.63, 3.8) is 0 Å². The monoisotopic (exact) mass is 432 g/mol. The molecule has 0 aromatic carbocycles. The topological polar surface area (TPSA) is 55.8 Å². The first kappa shape index (κ1) is 23.3. The van der Waals surface area contributed by atoms with Crippen LogP contribution in [0.2, 0.25) is 0 Å². The van der Waals surface area contributed by atoms with Crippen LogP contribution in [0.25, 0.3) is 0 Å². The van der Waals surface area contributed by atoms with E-state index in [1.807, 2.05) is 14.0 Å². The number of carbonyl (C=O) groups is 1. The van der Waals surface area contributed by atoms with Gasteiger partial charge in [-0.2, -0.15) is 0 Å². The Labute approximate surface area is 189 Å². The van der Waals surface area contributed by atoms with Gasteiger partial charge in [-0.25, -0.2) is 0 Å². The molecule has 4 heteroatoms. The van der Waals surface area contributed by atoms with Crippen LogP contribution in [0, 0.1) is 40.4 Å². The number of rotatable bonds is 6. The second-order valence-corrected chi connectivity index (χ2v) is 11.9. The van der Waals surface area contributed by atoms with Gasteiger partial charge in [0.25, 0.3) is 0 Å². The van der Waals surface area contributed by atoms with Gasteiger partial charge in [0.05, 0.1) is 19.3 Å². The maximum absolute atomic E-state index is 11.7. The standard InChI is InChI=1S/C27H44O4/c1-18(6-11-24(28)31-5)21-9-10-22-20-8-7-19-16-25(2,29)14-15-27(19,17-30-4)23(20)12-13-26(21,22)3/h7,18,20-23,29H,6,8-17H2,1-5H3/t18-,20+,21?,22+,23+,25+,26-,27-/m1/s1. The smallest absolute Gasteiger partial charge is 0.305 e. The van der Waals surface area contributed by atoms with Crippen molar-refractivity contribution in [2.75, 3.05) is 20.8 Å². The van der Waals surface area contributed by atoms with E-state index < -0.39 is 5.60 Å². The van der Waals surface area contributed by atoms with Gasteiger partial charge in [0.1, 0.15) is 0 Å². The lowest BCUT2D eigenvalue weighted by molar-refractivity contribution is -0.141. The Bertz CT molecular complexity index is 712. The van der Waals surface area contributed by atoms with Crippen molar-refractivity contribution in [3.05, 3.63) is 11.6 Å². The summed E-state index contributed by atoms with van der Waals surface area (Å²) in [6, 6.07) is 0. The summed E-state index contributed by atoms with van der Waals surface area (Å²) in [5, 5.41) is 10.8. The fourth-order valence-corrected chi connectivity index (χ4v) is 8.76. The molecule has 0 bridgehead atoms. The van der Waals surface area contributed by atoms with Gasteiger partial charge in [0.2, 0.25) is 0 Å². The minimum atomic E-state index is -0.563. The Balaban J connectivity index is 1.56. The van der Waals surface area contributed by atoms with E-state index in [2.05, 4.69) is 19.9 Å². The first-order valence-electron chi connectivity index (χ1n) is 12.6. The van der Waals surface area contributed by atoms with Gasteiger partial charge in [-0.05, 0) is 99.7 Å². The zero-order valence-corrected chi connectivity index (χ0v) is 20.4. The molecule has 8 atom stereocenters. The maximum Gasteiger partial charge on any atom is 0.305 e. The number of carbonyl (C=O) groups excluding carboxylic acids is 1. The molecular formula is C27H44O4. The summed E-state index contributed by atoms with van der Waals surface area (Å²) in [7, 11) is 3.34. The normalized spacial score (nSPS) is 45.2. The quantitative estimate of drug-likeness (QED) is 0.443. The number of allylic oxidation sites excluding steroid dienone is 1. The number of esters is 1. The summed E-state index contributed by atoms with van der Waals surface area (Å²) in [4.78, 5) is 11.7. The molecule has 4 nitrogen and oxygen atoms in total. The Morgan fingerprint density at radius 2 is 1.94 bits per heavy atom. The van der Waals surface area contributed by atoms with E-state index in [-0.39, 0.29) is 11.4 Å². The molecule has 1 unspecified atom stereocenters. The third kappa shape index (κ3) is 3.90. The van der Waals surface area contributed by atoms with Gasteiger partial charge < -0.3 is 14.6 Å². The second-order valence-electron chi connectivity index (χ2n) is 11.9. The van der Waals surface area contributed by atoms with Crippen LogP contribution in [0.3, 0.4) is 0 Å². The van der Waals surface area contributed by atoms with E-state index in [9.17, 15) is 9.90 Å². The highest BCUT2D eigenvalue weighted by atomic mass is 16.5. The summed E-state index contributed by atoms with van der Waals surface area (Å²) in [5.41, 5.74) is 1.44. The lowest BCUT2D eigenvalue weighted by atomic mass is 9.46. The molecule has 3 saturated carbocycles. The second kappa shape index (κ2) is 8.48. The van der Waals surface area contributed by atoms with Gasteiger partial charge >= 0.3 is 5.97 Å². The van der Waals surface area contributed by atoms with Gasteiger partial charge in [0.15, 0.2) is 0 Å². The van der Waals surface area contributed by atoms with Crippen LogP contribution in [0.1, 0.15) is 85.0 Å². The fraction of sp³-hybridized carbons (Fsp3) is 0.889. The molecule has 0 aliphatic heterocycles. The predicted molar refractivity (Wildman–Crippen MR) is 122 cm³/mol. The zero-order chi connectivity index (χ0) is 22.4. The predicted octanol–water partition coefficient (Wildman–Crippen LogP) is 5.53. The van der Waals surface area contributed by atoms with E-state index in [0.717, 1.165) is 44.1 Å². The van der Waals surface area contributed by atoms with E-state index in [1.54, 1.807) is 0 Å². The van der Waals surface area contributed by atoms with Gasteiger partial charge in [-0.15, -0.1) is 0 Å². The third-order valence-electron chi connectivity index (χ3n) is 10.3. The van der Waals surface area contributed by atoms with Crippen molar-refractivity contribution in [1.82, 2.24) is 0 Å². The molecule has 0 amide bonds. The molecule has 0 radical (unpaired) electrons. The Morgan fingerprint density at radius 1 is 1.16 bits per heavy atom. The van der Waals surface area contributed by atoms with Crippen molar-refractivity contribution in [1.29, 1.82) is 0 Å². The van der Waals surface area contributed by atoms with Crippen LogP contribution in [0.15, 0.2) is 11.6 Å². The number of methoxy groups -OCH3 is 2. The summed E-state index contributed by atoms with van der Waals surface area (Å²) in [5.74, 6) is 3.39. The van der Waals surface area contributed by atoms with Crippen LogP contribution in [-0.4, -0.2) is 37.5 Å². The van der Waals surface area contributed by atoms with E-state index >= 15 is 0 Å². The largest absolute Gasteiger partial charge is 0.469 e. The minimum Gasteiger partial charge on any atom is -0.469 e. The summed E-state index contributed by atoms with van der Waals surface area (Å²) < 4.78 is 10.7. The van der Waals surface area contributed by atoms with Crippen molar-refractivity contribution >= 4 is 5.97 Å². The zero-order valence-electron chi connectivity index (χ0n) is 20.4. The van der Waals surface area contributed by atoms with Gasteiger partial charge in [0, 0.05) is 18.9 Å². The highest BCUT2D eigenvalue weighted by Crippen LogP contribution is 2.67. The third-order valence-corrected chi connectivity index (χ3v) is 10.3. The molecule has 0 aromatic heterocycles. The first-order valence-corrected chi connectivity index (χ1v) is 12.6. The average molecular weight is 433 g/mol. The fourth-order valence-electron chi connectivity index (χ4n) is 8.76. The van der Waals surface area contributed by atoms with E-state index in [1.165, 1.54) is 44.8 Å². The van der Waals surface area contributed by atoms with E-state index in [4.69, 9.17) is 9.47 Å². The SMILES string of the molecule is COC[C@]12CC[C@](C)(O)CC1=CC[C@@H]1[C@@H]2CC[C@]2(C)C([C@H](C)CCC(=O)OC)CC[C@@H]12. The van der Waals surface area contributed by atoms with Crippen molar-refractivity contribution < 1.29 is 19.4 Å². The molecule has 4 aliphatic rings. The number of hydrogen-bond donors (Lipinski definition) is 1. The van der Waals surface area contributed by atoms with Gasteiger partial charge in [-0.1, -0.05) is 25.5 Å². The van der Waals surface area contributed by atoms with Crippen LogP contribution in [0.4, 0.5) is 0 Å². The molecule has 1 N–H and O–H groups in total. The Kier molecular flexibility index (Phi) is 6.37. The highest BCUT2D eigenvalue weighted by Gasteiger charge is 2.60. The van der Waals surface area contributed by atoms with E-state index in [0.29, 0.717) is 29.6 Å². The molecule has 0 spiro atoms.